The predicted octanol–water partition coefficient (Wildman–Crippen LogP) is 2.42. The summed E-state index contributed by atoms with van der Waals surface area (Å²) in [7, 11) is 0. The van der Waals surface area contributed by atoms with E-state index in [0.717, 1.165) is 24.4 Å². The third kappa shape index (κ3) is 2.43. The fourth-order valence-corrected chi connectivity index (χ4v) is 3.44. The van der Waals surface area contributed by atoms with Crippen LogP contribution in [0.5, 0.6) is 0 Å². The van der Waals surface area contributed by atoms with Crippen LogP contribution in [0, 0.1) is 11.8 Å². The van der Waals surface area contributed by atoms with Gasteiger partial charge in [0.05, 0.1) is 0 Å². The second-order valence-electron chi connectivity index (χ2n) is 6.48. The second kappa shape index (κ2) is 4.40. The minimum absolute atomic E-state index is 0.396. The lowest BCUT2D eigenvalue weighted by Crippen LogP contribution is -2.64. The van der Waals surface area contributed by atoms with Crippen molar-refractivity contribution in [3.63, 3.8) is 0 Å². The lowest BCUT2D eigenvalue weighted by atomic mass is 9.90. The predicted molar refractivity (Wildman–Crippen MR) is 72.0 cm³/mol. The molecular weight excluding hydrogens is 208 g/mol. The lowest BCUT2D eigenvalue weighted by molar-refractivity contribution is 0.0744. The van der Waals surface area contributed by atoms with Gasteiger partial charge in [0.25, 0.3) is 0 Å². The van der Waals surface area contributed by atoms with E-state index in [1.54, 1.807) is 0 Å². The number of hydrogen-bond acceptors (Lipinski definition) is 2. The zero-order chi connectivity index (χ0) is 11.9. The van der Waals surface area contributed by atoms with Crippen LogP contribution in [0.25, 0.3) is 0 Å². The molecule has 96 valence electrons. The molecule has 2 atom stereocenters. The summed E-state index contributed by atoms with van der Waals surface area (Å²) in [5.74, 6) is 1.92. The van der Waals surface area contributed by atoms with Gasteiger partial charge < -0.3 is 5.32 Å². The van der Waals surface area contributed by atoms with Crippen molar-refractivity contribution in [2.45, 2.75) is 51.1 Å². The van der Waals surface area contributed by atoms with Crippen LogP contribution in [0.3, 0.4) is 0 Å². The third-order valence-corrected chi connectivity index (χ3v) is 4.94. The summed E-state index contributed by atoms with van der Waals surface area (Å²) in [5.41, 5.74) is 0.396. The van der Waals surface area contributed by atoms with Crippen LogP contribution in [0.15, 0.2) is 12.2 Å². The molecule has 17 heavy (non-hydrogen) atoms. The summed E-state index contributed by atoms with van der Waals surface area (Å²) in [6.07, 6.45) is 10.3. The zero-order valence-electron chi connectivity index (χ0n) is 11.3. The Hall–Kier alpha value is -0.340. The molecule has 2 heteroatoms. The van der Waals surface area contributed by atoms with Gasteiger partial charge >= 0.3 is 0 Å². The molecule has 3 fully saturated rings. The molecule has 0 bridgehead atoms. The SMILES string of the molecule is C/C=C/CN1CC(C)(C2CC2)NCC1C1CC1. The standard InChI is InChI=1S/C15H26N2/c1-3-4-9-17-11-15(2,13-7-8-13)16-10-14(17)12-5-6-12/h3-4,12-14,16H,5-11H2,1-2H3/b4-3+. The fraction of sp³-hybridized carbons (Fsp3) is 0.867. The topological polar surface area (TPSA) is 15.3 Å². The van der Waals surface area contributed by atoms with E-state index in [1.807, 2.05) is 0 Å². The van der Waals surface area contributed by atoms with Gasteiger partial charge in [0.1, 0.15) is 0 Å². The van der Waals surface area contributed by atoms with Gasteiger partial charge in [0.2, 0.25) is 0 Å². The average Bonchev–Trinajstić information content (AvgIpc) is 3.19. The Bertz CT molecular complexity index is 304. The van der Waals surface area contributed by atoms with E-state index in [-0.39, 0.29) is 0 Å². The Morgan fingerprint density at radius 1 is 1.29 bits per heavy atom. The van der Waals surface area contributed by atoms with Crippen molar-refractivity contribution in [2.75, 3.05) is 19.6 Å². The Balaban J connectivity index is 1.68. The van der Waals surface area contributed by atoms with Crippen molar-refractivity contribution >= 4 is 0 Å². The van der Waals surface area contributed by atoms with Gasteiger partial charge in [-0.3, -0.25) is 4.90 Å². The highest BCUT2D eigenvalue weighted by Gasteiger charge is 2.48. The van der Waals surface area contributed by atoms with Gasteiger partial charge in [-0.05, 0) is 51.4 Å². The summed E-state index contributed by atoms with van der Waals surface area (Å²) in [6.45, 7) is 8.20. The molecule has 2 unspecified atom stereocenters. The Morgan fingerprint density at radius 3 is 2.65 bits per heavy atom. The zero-order valence-corrected chi connectivity index (χ0v) is 11.3. The Kier molecular flexibility index (Phi) is 3.04. The van der Waals surface area contributed by atoms with Crippen molar-refractivity contribution in [1.29, 1.82) is 0 Å². The van der Waals surface area contributed by atoms with Crippen molar-refractivity contribution in [2.24, 2.45) is 11.8 Å². The van der Waals surface area contributed by atoms with E-state index in [9.17, 15) is 0 Å². The number of nitrogens with one attached hydrogen (secondary N) is 1. The molecule has 3 aliphatic rings. The maximum Gasteiger partial charge on any atom is 0.0309 e. The van der Waals surface area contributed by atoms with Gasteiger partial charge in [-0.15, -0.1) is 0 Å². The summed E-state index contributed by atoms with van der Waals surface area (Å²) in [6, 6.07) is 0.804. The first-order valence-corrected chi connectivity index (χ1v) is 7.33. The van der Waals surface area contributed by atoms with Crippen molar-refractivity contribution < 1.29 is 0 Å². The average molecular weight is 234 g/mol. The monoisotopic (exact) mass is 234 g/mol. The Labute approximate surface area is 105 Å². The van der Waals surface area contributed by atoms with Crippen LogP contribution in [-0.2, 0) is 0 Å². The largest absolute Gasteiger partial charge is 0.308 e. The first-order chi connectivity index (χ1) is 8.23. The first-order valence-electron chi connectivity index (χ1n) is 7.33. The Morgan fingerprint density at radius 2 is 2.06 bits per heavy atom. The van der Waals surface area contributed by atoms with E-state index in [0.29, 0.717) is 5.54 Å². The normalized spacial score (nSPS) is 40.0. The quantitative estimate of drug-likeness (QED) is 0.752. The molecule has 1 heterocycles. The van der Waals surface area contributed by atoms with E-state index >= 15 is 0 Å². The number of rotatable bonds is 4. The van der Waals surface area contributed by atoms with Gasteiger partial charge in [-0.1, -0.05) is 12.2 Å². The summed E-state index contributed by atoms with van der Waals surface area (Å²) in [4.78, 5) is 2.74. The van der Waals surface area contributed by atoms with Crippen LogP contribution < -0.4 is 5.32 Å². The van der Waals surface area contributed by atoms with E-state index in [4.69, 9.17) is 0 Å². The van der Waals surface area contributed by atoms with Crippen LogP contribution >= 0.6 is 0 Å². The van der Waals surface area contributed by atoms with E-state index in [1.165, 1.54) is 38.8 Å². The summed E-state index contributed by atoms with van der Waals surface area (Å²) >= 11 is 0. The molecule has 0 aromatic heterocycles. The number of hydrogen-bond donors (Lipinski definition) is 1. The summed E-state index contributed by atoms with van der Waals surface area (Å²) < 4.78 is 0. The highest BCUT2D eigenvalue weighted by molar-refractivity contribution is 5.07. The molecule has 0 aromatic rings. The maximum atomic E-state index is 3.87. The molecule has 1 N–H and O–H groups in total. The molecule has 3 rings (SSSR count). The summed E-state index contributed by atoms with van der Waals surface area (Å²) in [5, 5.41) is 3.87. The minimum atomic E-state index is 0.396. The molecule has 1 saturated heterocycles. The van der Waals surface area contributed by atoms with Crippen LogP contribution in [-0.4, -0.2) is 36.1 Å². The molecule has 0 radical (unpaired) electrons. The smallest absolute Gasteiger partial charge is 0.0309 e. The molecule has 1 aliphatic heterocycles. The minimum Gasteiger partial charge on any atom is -0.308 e. The number of nitrogens with zero attached hydrogens (tertiary/aromatic N) is 1. The molecule has 2 nitrogen and oxygen atoms in total. The number of allylic oxidation sites excluding steroid dienone is 1. The highest BCUT2D eigenvalue weighted by Crippen LogP contribution is 2.44. The van der Waals surface area contributed by atoms with Crippen molar-refractivity contribution in [3.05, 3.63) is 12.2 Å². The molecule has 0 spiro atoms. The molecule has 0 amide bonds. The molecule has 2 aliphatic carbocycles. The van der Waals surface area contributed by atoms with Gasteiger partial charge in [-0.25, -0.2) is 0 Å². The van der Waals surface area contributed by atoms with E-state index < -0.39 is 0 Å². The van der Waals surface area contributed by atoms with Crippen LogP contribution in [0.4, 0.5) is 0 Å². The van der Waals surface area contributed by atoms with Crippen molar-refractivity contribution in [3.8, 4) is 0 Å². The fourth-order valence-electron chi connectivity index (χ4n) is 3.44. The third-order valence-electron chi connectivity index (χ3n) is 4.94. The number of piperazine rings is 1. The van der Waals surface area contributed by atoms with E-state index in [2.05, 4.69) is 36.2 Å². The van der Waals surface area contributed by atoms with Gasteiger partial charge in [0.15, 0.2) is 0 Å². The first kappa shape index (κ1) is 11.7. The highest BCUT2D eigenvalue weighted by atomic mass is 15.3. The maximum absolute atomic E-state index is 3.87. The van der Waals surface area contributed by atoms with Crippen LogP contribution in [0.1, 0.15) is 39.5 Å². The van der Waals surface area contributed by atoms with Crippen molar-refractivity contribution in [1.82, 2.24) is 10.2 Å². The molecule has 0 aromatic carbocycles. The van der Waals surface area contributed by atoms with Crippen LogP contribution in [0.2, 0.25) is 0 Å². The molecule has 2 saturated carbocycles. The second-order valence-corrected chi connectivity index (χ2v) is 6.48. The molecular formula is C15H26N2. The van der Waals surface area contributed by atoms with Gasteiger partial charge in [-0.2, -0.15) is 0 Å². The van der Waals surface area contributed by atoms with Gasteiger partial charge in [0, 0.05) is 31.2 Å². The lowest BCUT2D eigenvalue weighted by Gasteiger charge is -2.46.